The lowest BCUT2D eigenvalue weighted by Crippen LogP contribution is -2.46. The highest BCUT2D eigenvalue weighted by Gasteiger charge is 2.35. The molecule has 1 amide bonds. The van der Waals surface area contributed by atoms with Gasteiger partial charge >= 0.3 is 0 Å². The summed E-state index contributed by atoms with van der Waals surface area (Å²) in [5, 5.41) is 0. The zero-order valence-electron chi connectivity index (χ0n) is 12.7. The van der Waals surface area contributed by atoms with Crippen LogP contribution in [0.4, 0.5) is 0 Å². The fraction of sp³-hybridized carbons (Fsp3) is 0.938. The molecule has 0 bridgehead atoms. The molecule has 1 saturated heterocycles. The number of nitrogens with zero attached hydrogens (tertiary/aromatic N) is 1. The van der Waals surface area contributed by atoms with E-state index in [4.69, 9.17) is 5.73 Å². The van der Waals surface area contributed by atoms with Crippen LogP contribution in [0.1, 0.15) is 65.2 Å². The zero-order chi connectivity index (χ0) is 13.9. The lowest BCUT2D eigenvalue weighted by Gasteiger charge is -2.42. The normalized spacial score (nSPS) is 31.2. The van der Waals surface area contributed by atoms with Crippen LogP contribution in [-0.4, -0.2) is 29.9 Å². The molecule has 2 aliphatic rings. The van der Waals surface area contributed by atoms with E-state index in [0.29, 0.717) is 11.3 Å². The quantitative estimate of drug-likeness (QED) is 0.853. The van der Waals surface area contributed by atoms with Crippen molar-refractivity contribution < 1.29 is 4.79 Å². The number of hydrogen-bond donors (Lipinski definition) is 1. The molecule has 0 radical (unpaired) electrons. The van der Waals surface area contributed by atoms with Gasteiger partial charge in [0.15, 0.2) is 0 Å². The number of carbonyl (C=O) groups is 1. The summed E-state index contributed by atoms with van der Waals surface area (Å²) in [6.45, 7) is 6.51. The third kappa shape index (κ3) is 3.31. The molecular weight excluding hydrogens is 236 g/mol. The van der Waals surface area contributed by atoms with Crippen molar-refractivity contribution in [1.82, 2.24) is 4.90 Å². The molecule has 1 saturated carbocycles. The monoisotopic (exact) mass is 266 g/mol. The summed E-state index contributed by atoms with van der Waals surface area (Å²) in [6, 6.07) is 0.248. The molecular formula is C16H30N2O. The Bertz CT molecular complexity index is 302. The van der Waals surface area contributed by atoms with Crippen molar-refractivity contribution in [1.29, 1.82) is 0 Å². The molecule has 2 unspecified atom stereocenters. The molecule has 0 aromatic rings. The first-order valence-electron chi connectivity index (χ1n) is 8.14. The average molecular weight is 266 g/mol. The Kier molecular flexibility index (Phi) is 4.88. The maximum absolute atomic E-state index is 12.6. The van der Waals surface area contributed by atoms with E-state index in [1.54, 1.807) is 0 Å². The zero-order valence-corrected chi connectivity index (χ0v) is 12.7. The third-order valence-electron chi connectivity index (χ3n) is 5.70. The molecule has 110 valence electrons. The largest absolute Gasteiger partial charge is 0.342 e. The van der Waals surface area contributed by atoms with E-state index in [-0.39, 0.29) is 12.0 Å². The molecule has 1 heterocycles. The van der Waals surface area contributed by atoms with Crippen molar-refractivity contribution in [2.75, 3.05) is 13.1 Å². The second-order valence-corrected chi connectivity index (χ2v) is 6.66. The van der Waals surface area contributed by atoms with Crippen molar-refractivity contribution >= 4 is 5.91 Å². The second kappa shape index (κ2) is 6.25. The molecule has 1 aliphatic carbocycles. The van der Waals surface area contributed by atoms with Crippen molar-refractivity contribution in [2.45, 2.75) is 71.3 Å². The van der Waals surface area contributed by atoms with Gasteiger partial charge in [-0.3, -0.25) is 4.79 Å². The number of piperidine rings is 1. The highest BCUT2D eigenvalue weighted by atomic mass is 16.2. The van der Waals surface area contributed by atoms with E-state index in [2.05, 4.69) is 18.7 Å². The van der Waals surface area contributed by atoms with Crippen molar-refractivity contribution in [3.8, 4) is 0 Å². The Labute approximate surface area is 117 Å². The lowest BCUT2D eigenvalue weighted by molar-refractivity contribution is -0.139. The fourth-order valence-corrected chi connectivity index (χ4v) is 3.87. The van der Waals surface area contributed by atoms with Crippen LogP contribution < -0.4 is 5.73 Å². The maximum atomic E-state index is 12.6. The van der Waals surface area contributed by atoms with Gasteiger partial charge in [0.2, 0.25) is 5.91 Å². The number of nitrogens with two attached hydrogens (primary N) is 1. The molecule has 2 rings (SSSR count). The first kappa shape index (κ1) is 14.8. The minimum atomic E-state index is 0.208. The van der Waals surface area contributed by atoms with Crippen LogP contribution >= 0.6 is 0 Å². The minimum absolute atomic E-state index is 0.208. The SMILES string of the molecule is CCC1(CC)CCN(C(=O)C2CCCC(N)C2)CC1. The van der Waals surface area contributed by atoms with Gasteiger partial charge in [-0.2, -0.15) is 0 Å². The van der Waals surface area contributed by atoms with Crippen LogP contribution in [-0.2, 0) is 4.79 Å². The van der Waals surface area contributed by atoms with Crippen LogP contribution in [0.3, 0.4) is 0 Å². The first-order chi connectivity index (χ1) is 9.10. The summed E-state index contributed by atoms with van der Waals surface area (Å²) in [5.41, 5.74) is 6.51. The average Bonchev–Trinajstić information content (AvgIpc) is 2.46. The van der Waals surface area contributed by atoms with Crippen molar-refractivity contribution in [2.24, 2.45) is 17.1 Å². The summed E-state index contributed by atoms with van der Waals surface area (Å²) in [5.74, 6) is 0.593. The van der Waals surface area contributed by atoms with Gasteiger partial charge in [0.05, 0.1) is 0 Å². The molecule has 2 N–H and O–H groups in total. The fourth-order valence-electron chi connectivity index (χ4n) is 3.87. The van der Waals surface area contributed by atoms with Crippen LogP contribution in [0.2, 0.25) is 0 Å². The van der Waals surface area contributed by atoms with Crippen LogP contribution in [0, 0.1) is 11.3 Å². The Morgan fingerprint density at radius 1 is 1.21 bits per heavy atom. The molecule has 19 heavy (non-hydrogen) atoms. The molecule has 1 aliphatic heterocycles. The van der Waals surface area contributed by atoms with Crippen molar-refractivity contribution in [3.63, 3.8) is 0 Å². The van der Waals surface area contributed by atoms with Gasteiger partial charge in [0.25, 0.3) is 0 Å². The smallest absolute Gasteiger partial charge is 0.225 e. The summed E-state index contributed by atoms with van der Waals surface area (Å²) in [4.78, 5) is 14.7. The Hall–Kier alpha value is -0.570. The van der Waals surface area contributed by atoms with Gasteiger partial charge in [-0.25, -0.2) is 0 Å². The summed E-state index contributed by atoms with van der Waals surface area (Å²) >= 11 is 0. The van der Waals surface area contributed by atoms with Crippen molar-refractivity contribution in [3.05, 3.63) is 0 Å². The van der Waals surface area contributed by atoms with E-state index in [9.17, 15) is 4.79 Å². The van der Waals surface area contributed by atoms with Crippen LogP contribution in [0.15, 0.2) is 0 Å². The predicted molar refractivity (Wildman–Crippen MR) is 78.8 cm³/mol. The van der Waals surface area contributed by atoms with E-state index in [0.717, 1.165) is 38.8 Å². The standard InChI is InChI=1S/C16H30N2O/c1-3-16(4-2)8-10-18(11-9-16)15(19)13-6-5-7-14(17)12-13/h13-14H,3-12,17H2,1-2H3. The number of carbonyl (C=O) groups excluding carboxylic acids is 1. The predicted octanol–water partition coefficient (Wildman–Crippen LogP) is 2.93. The molecule has 2 atom stereocenters. The van der Waals surface area contributed by atoms with Gasteiger partial charge in [-0.05, 0) is 37.5 Å². The number of rotatable bonds is 3. The first-order valence-corrected chi connectivity index (χ1v) is 8.14. The van der Waals surface area contributed by atoms with E-state index < -0.39 is 0 Å². The molecule has 0 aromatic heterocycles. The van der Waals surface area contributed by atoms with E-state index in [1.165, 1.54) is 25.7 Å². The van der Waals surface area contributed by atoms with Crippen LogP contribution in [0.25, 0.3) is 0 Å². The Morgan fingerprint density at radius 2 is 1.84 bits per heavy atom. The van der Waals surface area contributed by atoms with Gasteiger partial charge in [0.1, 0.15) is 0 Å². The van der Waals surface area contributed by atoms with Gasteiger partial charge in [0, 0.05) is 25.0 Å². The number of amides is 1. The highest BCUT2D eigenvalue weighted by molar-refractivity contribution is 5.79. The Morgan fingerprint density at radius 3 is 2.37 bits per heavy atom. The number of likely N-dealkylation sites (tertiary alicyclic amines) is 1. The summed E-state index contributed by atoms with van der Waals surface area (Å²) in [6.07, 6.45) is 9.05. The molecule has 3 heteroatoms. The molecule has 2 fully saturated rings. The third-order valence-corrected chi connectivity index (χ3v) is 5.70. The second-order valence-electron chi connectivity index (χ2n) is 6.66. The maximum Gasteiger partial charge on any atom is 0.225 e. The Balaban J connectivity index is 1.88. The topological polar surface area (TPSA) is 46.3 Å². The summed E-state index contributed by atoms with van der Waals surface area (Å²) in [7, 11) is 0. The van der Waals surface area contributed by atoms with Crippen LogP contribution in [0.5, 0.6) is 0 Å². The lowest BCUT2D eigenvalue weighted by atomic mass is 9.74. The minimum Gasteiger partial charge on any atom is -0.342 e. The van der Waals surface area contributed by atoms with E-state index >= 15 is 0 Å². The molecule has 0 aromatic carbocycles. The van der Waals surface area contributed by atoms with Gasteiger partial charge < -0.3 is 10.6 Å². The molecule has 0 spiro atoms. The van der Waals surface area contributed by atoms with Gasteiger partial charge in [-0.1, -0.05) is 33.1 Å². The van der Waals surface area contributed by atoms with E-state index in [1.807, 2.05) is 0 Å². The number of hydrogen-bond acceptors (Lipinski definition) is 2. The molecule has 3 nitrogen and oxygen atoms in total. The highest BCUT2D eigenvalue weighted by Crippen LogP contribution is 2.38. The van der Waals surface area contributed by atoms with Gasteiger partial charge in [-0.15, -0.1) is 0 Å². The summed E-state index contributed by atoms with van der Waals surface area (Å²) < 4.78 is 0.